The van der Waals surface area contributed by atoms with E-state index in [0.717, 1.165) is 66.6 Å². The molecule has 7 aromatic heterocycles. The molecular formula is C113H78F10Ir2N7O6Pt3-5. The molecule has 2 radical (unpaired) electrons. The van der Waals surface area contributed by atoms with E-state index in [4.69, 9.17) is 20.3 Å². The number of aromatic nitrogens is 7. The third kappa shape index (κ3) is 20.2. The molecule has 0 bridgehead atoms. The van der Waals surface area contributed by atoms with Gasteiger partial charge in [0.1, 0.15) is 17.2 Å². The number of aliphatic hydroxyl groups is 1. The Balaban J connectivity index is 0.000000146. The van der Waals surface area contributed by atoms with Gasteiger partial charge < -0.3 is 40.2 Å². The third-order valence-electron chi connectivity index (χ3n) is 25.1. The van der Waals surface area contributed by atoms with Gasteiger partial charge in [-0.1, -0.05) is 205 Å². The van der Waals surface area contributed by atoms with Crippen molar-refractivity contribution in [1.82, 2.24) is 34.9 Å². The van der Waals surface area contributed by atoms with E-state index in [1.54, 1.807) is 79.1 Å². The van der Waals surface area contributed by atoms with Gasteiger partial charge in [-0.25, -0.2) is 32.7 Å². The van der Waals surface area contributed by atoms with Crippen LogP contribution < -0.4 is 0 Å². The second-order valence-corrected chi connectivity index (χ2v) is 34.7. The number of fused-ring (bicyclic) bond motifs is 14. The SMILES string of the molecule is CC1(C)c2c([c-]cc3ccccc23)-c2nccc3cccc1c23.CC1(C)c2cc(F)c[c-]c2-c2nccc3c(F)c4ccccc4c1c23.CC1(C)c2ccc[c-]c2-c2nccc3cccc1c23.CC1(C)c2ccc[c-]c2-c2nccc3cccc1c23.FC1(F)c2ccc[c-]c2-c2nccc3cccc1c23.O=C(C=C(O)C(F)(F)F)C(F)(F)F.O=C(O)c1ccccn1.O=C(O)c1ccccn1.[Ir].[Ir].[Pt].[Pt].[Pt]. The van der Waals surface area contributed by atoms with Gasteiger partial charge in [0.2, 0.25) is 5.76 Å². The number of carboxylic acids is 2. The number of halogens is 10. The third-order valence-corrected chi connectivity index (χ3v) is 25.1. The second kappa shape index (κ2) is 42.6. The fourth-order valence-electron chi connectivity index (χ4n) is 18.8. The molecule has 7 heterocycles. The maximum absolute atomic E-state index is 15.2. The fourth-order valence-corrected chi connectivity index (χ4v) is 18.8. The van der Waals surface area contributed by atoms with E-state index in [1.165, 1.54) is 119 Å². The Bertz CT molecular complexity index is 7660. The van der Waals surface area contributed by atoms with Gasteiger partial charge in [-0.15, -0.1) is 153 Å². The number of hydrogen-bond acceptors (Lipinski definition) is 11. The van der Waals surface area contributed by atoms with Crippen molar-refractivity contribution in [3.63, 3.8) is 0 Å². The van der Waals surface area contributed by atoms with Crippen molar-refractivity contribution < 1.29 is 177 Å². The predicted octanol–water partition coefficient (Wildman–Crippen LogP) is 27.8. The van der Waals surface area contributed by atoms with Gasteiger partial charge in [0.05, 0.1) is 0 Å². The summed E-state index contributed by atoms with van der Waals surface area (Å²) in [5, 5.41) is 38.9. The first kappa shape index (κ1) is 107. The Morgan fingerprint density at radius 1 is 0.319 bits per heavy atom. The smallest absolute Gasteiger partial charge is 0.454 e. The number of allylic oxidation sites excluding steroid dienone is 2. The van der Waals surface area contributed by atoms with Crippen molar-refractivity contribution in [3.8, 4) is 56.3 Å². The Morgan fingerprint density at radius 3 is 1.11 bits per heavy atom. The fraction of sp³-hybridized carbons (Fsp3) is 0.133. The van der Waals surface area contributed by atoms with E-state index in [0.29, 0.717) is 33.1 Å². The van der Waals surface area contributed by atoms with E-state index in [2.05, 4.69) is 229 Å². The van der Waals surface area contributed by atoms with Gasteiger partial charge in [-0.05, 0) is 181 Å². The van der Waals surface area contributed by atoms with Crippen LogP contribution in [0.1, 0.15) is 132 Å². The molecule has 724 valence electrons. The number of nitrogens with zero attached hydrogens (tertiary/aromatic N) is 7. The Morgan fingerprint density at radius 2 is 0.674 bits per heavy atom. The van der Waals surface area contributed by atoms with Crippen LogP contribution in [0.3, 0.4) is 0 Å². The van der Waals surface area contributed by atoms with Crippen molar-refractivity contribution in [1.29, 1.82) is 0 Å². The number of carboxylic acid groups (broad SMARTS) is 2. The van der Waals surface area contributed by atoms with E-state index in [-0.39, 0.29) is 154 Å². The summed E-state index contributed by atoms with van der Waals surface area (Å²) >= 11 is 0. The first-order chi connectivity index (χ1) is 64.9. The minimum absolute atomic E-state index is 0. The molecule has 0 aliphatic heterocycles. The van der Waals surface area contributed by atoms with Crippen LogP contribution in [0.25, 0.3) is 132 Å². The molecular weight excluding hydrogens is 2710 g/mol. The molecule has 13 nitrogen and oxygen atoms in total. The van der Waals surface area contributed by atoms with Crippen molar-refractivity contribution in [2.75, 3.05) is 0 Å². The van der Waals surface area contributed by atoms with Gasteiger partial charge in [-0.3, -0.25) is 9.18 Å². The number of aromatic carboxylic acids is 2. The molecule has 3 N–H and O–H groups in total. The van der Waals surface area contributed by atoms with Crippen molar-refractivity contribution in [3.05, 3.63) is 425 Å². The summed E-state index contributed by atoms with van der Waals surface area (Å²) in [6.07, 6.45) is 0.169. The molecule has 0 atom stereocenters. The topological polar surface area (TPSA) is 202 Å². The quantitative estimate of drug-likeness (QED) is 0.0496. The van der Waals surface area contributed by atoms with Crippen LogP contribution in [0, 0.1) is 42.0 Å². The molecule has 0 saturated heterocycles. The van der Waals surface area contributed by atoms with Crippen LogP contribution in [-0.4, -0.2) is 80.3 Å². The maximum atomic E-state index is 15.2. The first-order valence-corrected chi connectivity index (χ1v) is 42.9. The molecule has 5 aliphatic carbocycles. The minimum atomic E-state index is -5.42. The van der Waals surface area contributed by atoms with Gasteiger partial charge in [0, 0.05) is 175 Å². The van der Waals surface area contributed by atoms with Gasteiger partial charge in [0.25, 0.3) is 11.7 Å². The number of alkyl halides is 8. The zero-order chi connectivity index (χ0) is 96.3. The Hall–Kier alpha value is -12.7. The average molecular weight is 2790 g/mol. The van der Waals surface area contributed by atoms with Crippen molar-refractivity contribution in [2.45, 2.75) is 95.3 Å². The molecule has 24 rings (SSSR count). The first-order valence-electron chi connectivity index (χ1n) is 42.9. The second-order valence-electron chi connectivity index (χ2n) is 34.7. The van der Waals surface area contributed by atoms with Crippen LogP contribution >= 0.6 is 0 Å². The molecule has 5 aliphatic rings. The van der Waals surface area contributed by atoms with Gasteiger partial charge in [0.15, 0.2) is 0 Å². The number of aliphatic hydroxyl groups excluding tert-OH is 1. The van der Waals surface area contributed by atoms with E-state index < -0.39 is 53.2 Å². The number of hydrogen-bond donors (Lipinski definition) is 3. The van der Waals surface area contributed by atoms with Crippen LogP contribution in [-0.2, 0) is 136 Å². The monoisotopic (exact) mass is 2790 g/mol. The van der Waals surface area contributed by atoms with Crippen LogP contribution in [0.15, 0.2) is 316 Å². The minimum Gasteiger partial charge on any atom is -0.504 e. The zero-order valence-electron chi connectivity index (χ0n) is 75.5. The van der Waals surface area contributed by atoms with Crippen LogP contribution in [0.2, 0.25) is 0 Å². The predicted molar refractivity (Wildman–Crippen MR) is 507 cm³/mol. The van der Waals surface area contributed by atoms with Crippen molar-refractivity contribution >= 4 is 93.1 Å². The summed E-state index contributed by atoms with van der Waals surface area (Å²) in [6.45, 7) is 17.9. The zero-order valence-corrected chi connectivity index (χ0v) is 87.1. The van der Waals surface area contributed by atoms with Crippen LogP contribution in [0.4, 0.5) is 43.9 Å². The number of benzene rings is 12. The van der Waals surface area contributed by atoms with Crippen molar-refractivity contribution in [2.24, 2.45) is 0 Å². The molecule has 12 aromatic carbocycles. The van der Waals surface area contributed by atoms with E-state index in [9.17, 15) is 53.9 Å². The number of carbonyl (C=O) groups excluding carboxylic acids is 1. The number of rotatable bonds is 3. The molecule has 19 aromatic rings. The standard InChI is InChI=1S/C22H14F2N.C22H16N.2C18H14N.C16H8F2N.2C6H5NO2.C5H2F6O2.2Ir.3Pt/c1-22(2)17-11-12(23)7-8-15(17)21-18-16(9-10-25-21)20(24)14-6-4-3-5-13(14)19(18)22;1-22(2)18-9-5-7-15-12-13-23-21(19(15)18)17-11-10-14-6-3-4-8-16(14)20(17)22;2*1-18(2)14-8-4-3-7-13(14)17-16-12(10-11-19-17)6-5-9-15(16)18;17-16(18)12-6-2-1-5-11(12)15-14-10(8-9-19-15)4-3-7-13(14)16;2*8-6(9)5-3-1-2-4-7-5;6-4(7,8)2(12)1-3(13)5(9,10)11;;;;;/h3-7,9-11H,1-2H3;3-10,12-13H,1-2H3;2*3-6,8-11H,1-2H3;1-4,6-9H;2*1-4H,(H,8,9);1,12H;;;;;/q5*-1;;;;;;;;. The summed E-state index contributed by atoms with van der Waals surface area (Å²) in [6, 6.07) is 98.2. The number of pyridine rings is 7. The van der Waals surface area contributed by atoms with Gasteiger partial charge >= 0.3 is 24.3 Å². The number of ketones is 1. The molecule has 28 heteroatoms. The molecule has 0 unspecified atom stereocenters. The molecule has 0 fully saturated rings. The largest absolute Gasteiger partial charge is 0.504 e. The maximum Gasteiger partial charge on any atom is 0.454 e. The summed E-state index contributed by atoms with van der Waals surface area (Å²) in [5.41, 5.74) is 18.6. The summed E-state index contributed by atoms with van der Waals surface area (Å²) in [7, 11) is 0. The molecule has 0 saturated carbocycles. The average Bonchev–Trinajstić information content (AvgIpc) is 0.700. The van der Waals surface area contributed by atoms with Crippen LogP contribution in [0.5, 0.6) is 0 Å². The molecule has 141 heavy (non-hydrogen) atoms. The van der Waals surface area contributed by atoms with E-state index in [1.807, 2.05) is 68.8 Å². The van der Waals surface area contributed by atoms with E-state index >= 15 is 4.39 Å². The number of carbonyl (C=O) groups is 3. The molecule has 0 spiro atoms. The summed E-state index contributed by atoms with van der Waals surface area (Å²) in [5.74, 6) is -10.9. The van der Waals surface area contributed by atoms with Gasteiger partial charge in [-0.2, -0.15) is 26.3 Å². The Labute approximate surface area is 874 Å². The summed E-state index contributed by atoms with van der Waals surface area (Å²) < 4.78 is 126. The normalized spacial score (nSPS) is 13.7. The summed E-state index contributed by atoms with van der Waals surface area (Å²) in [4.78, 5) is 60.0. The Kier molecular flexibility index (Phi) is 32.4. The molecule has 0 amide bonds.